The number of ether oxygens (including phenoxy) is 1. The topological polar surface area (TPSA) is 67.4 Å². The van der Waals surface area contributed by atoms with E-state index in [-0.39, 0.29) is 10.9 Å². The van der Waals surface area contributed by atoms with Gasteiger partial charge in [0.15, 0.2) is 0 Å². The molecule has 1 aromatic rings. The van der Waals surface area contributed by atoms with Gasteiger partial charge in [0.2, 0.25) is 10.0 Å². The van der Waals surface area contributed by atoms with Gasteiger partial charge in [0, 0.05) is 24.2 Å². The van der Waals surface area contributed by atoms with Gasteiger partial charge in [-0.2, -0.15) is 0 Å². The molecule has 118 valence electrons. The van der Waals surface area contributed by atoms with Gasteiger partial charge in [-0.25, -0.2) is 13.1 Å². The summed E-state index contributed by atoms with van der Waals surface area (Å²) in [5.74, 6) is 0.745. The Kier molecular flexibility index (Phi) is 5.24. The highest BCUT2D eigenvalue weighted by Crippen LogP contribution is 2.25. The maximum Gasteiger partial charge on any atom is 0.240 e. The zero-order chi connectivity index (χ0) is 15.5. The summed E-state index contributed by atoms with van der Waals surface area (Å²) in [4.78, 5) is 0.284. The first kappa shape index (κ1) is 16.3. The summed E-state index contributed by atoms with van der Waals surface area (Å²) in [5.41, 5.74) is 0.885. The molecule has 0 amide bonds. The highest BCUT2D eigenvalue weighted by Gasteiger charge is 2.22. The number of nitrogens with one attached hydrogen (secondary N) is 2. The highest BCUT2D eigenvalue weighted by atomic mass is 32.2. The molecular weight excluding hydrogens is 288 g/mol. The van der Waals surface area contributed by atoms with Crippen LogP contribution in [-0.2, 0) is 16.6 Å². The van der Waals surface area contributed by atoms with Crippen LogP contribution in [0.3, 0.4) is 0 Å². The first-order valence-electron chi connectivity index (χ1n) is 7.44. The summed E-state index contributed by atoms with van der Waals surface area (Å²) in [7, 11) is -3.47. The lowest BCUT2D eigenvalue weighted by molar-refractivity contribution is 0.335. The molecule has 0 aromatic heterocycles. The van der Waals surface area contributed by atoms with Crippen LogP contribution in [0.2, 0.25) is 0 Å². The third-order valence-corrected chi connectivity index (χ3v) is 4.85. The molecule has 1 saturated carbocycles. The Balaban J connectivity index is 2.23. The van der Waals surface area contributed by atoms with E-state index < -0.39 is 10.0 Å². The highest BCUT2D eigenvalue weighted by molar-refractivity contribution is 7.89. The summed E-state index contributed by atoms with van der Waals surface area (Å²) in [6.07, 6.45) is 2.38. The molecule has 0 heterocycles. The maximum atomic E-state index is 12.2. The molecule has 0 spiro atoms. The summed E-state index contributed by atoms with van der Waals surface area (Å²) < 4.78 is 32.7. The van der Waals surface area contributed by atoms with Crippen LogP contribution in [0.25, 0.3) is 0 Å². The molecule has 6 heteroatoms. The van der Waals surface area contributed by atoms with Crippen molar-refractivity contribution in [3.05, 3.63) is 23.8 Å². The third-order valence-electron chi connectivity index (χ3n) is 3.19. The van der Waals surface area contributed by atoms with Gasteiger partial charge >= 0.3 is 0 Å². The van der Waals surface area contributed by atoms with Gasteiger partial charge in [-0.3, -0.25) is 0 Å². The van der Waals surface area contributed by atoms with E-state index >= 15 is 0 Å². The van der Waals surface area contributed by atoms with Crippen LogP contribution in [0.5, 0.6) is 5.75 Å². The molecule has 0 saturated heterocycles. The van der Waals surface area contributed by atoms with Crippen LogP contribution in [0, 0.1) is 0 Å². The smallest absolute Gasteiger partial charge is 0.240 e. The molecule has 0 bridgehead atoms. The van der Waals surface area contributed by atoms with Crippen LogP contribution >= 0.6 is 0 Å². The van der Waals surface area contributed by atoms with Gasteiger partial charge in [-0.15, -0.1) is 0 Å². The minimum Gasteiger partial charge on any atom is -0.494 e. The van der Waals surface area contributed by atoms with E-state index in [9.17, 15) is 8.42 Å². The molecule has 0 radical (unpaired) electrons. The predicted octanol–water partition coefficient (Wildman–Crippen LogP) is 2.02. The zero-order valence-electron chi connectivity index (χ0n) is 12.8. The Morgan fingerprint density at radius 3 is 2.62 bits per heavy atom. The fraction of sp³-hybridized carbons (Fsp3) is 0.600. The molecule has 0 aliphatic heterocycles. The second kappa shape index (κ2) is 6.77. The lowest BCUT2D eigenvalue weighted by Crippen LogP contribution is -2.30. The summed E-state index contributed by atoms with van der Waals surface area (Å²) >= 11 is 0. The minimum absolute atomic E-state index is 0.130. The van der Waals surface area contributed by atoms with Crippen molar-refractivity contribution in [2.75, 3.05) is 6.61 Å². The molecule has 0 unspecified atom stereocenters. The molecule has 1 fully saturated rings. The molecular formula is C15H24N2O3S. The Bertz CT molecular complexity index is 581. The largest absolute Gasteiger partial charge is 0.494 e. The molecule has 5 nitrogen and oxygen atoms in total. The van der Waals surface area contributed by atoms with Crippen molar-refractivity contribution < 1.29 is 13.2 Å². The second-order valence-corrected chi connectivity index (χ2v) is 7.35. The number of rotatable bonds is 8. The molecule has 1 aliphatic carbocycles. The summed E-state index contributed by atoms with van der Waals surface area (Å²) in [6.45, 7) is 6.73. The van der Waals surface area contributed by atoms with E-state index in [4.69, 9.17) is 4.74 Å². The molecule has 1 aromatic carbocycles. The minimum atomic E-state index is -3.47. The van der Waals surface area contributed by atoms with Crippen molar-refractivity contribution in [2.45, 2.75) is 57.1 Å². The standard InChI is InChI=1S/C15H24N2O3S/c1-4-20-15-8-7-14(21(18,19)17-11(2)3)9-12(15)10-16-13-5-6-13/h7-9,11,13,16-17H,4-6,10H2,1-3H3. The van der Waals surface area contributed by atoms with Crippen molar-refractivity contribution in [3.63, 3.8) is 0 Å². The fourth-order valence-electron chi connectivity index (χ4n) is 2.08. The average molecular weight is 312 g/mol. The van der Waals surface area contributed by atoms with Gasteiger partial charge in [0.1, 0.15) is 5.75 Å². The molecule has 1 aliphatic rings. The first-order chi connectivity index (χ1) is 9.92. The van der Waals surface area contributed by atoms with Crippen LogP contribution in [0.4, 0.5) is 0 Å². The molecule has 2 rings (SSSR count). The SMILES string of the molecule is CCOc1ccc(S(=O)(=O)NC(C)C)cc1CNC1CC1. The van der Waals surface area contributed by atoms with Gasteiger partial charge in [0.05, 0.1) is 11.5 Å². The van der Waals surface area contributed by atoms with E-state index in [0.29, 0.717) is 19.2 Å². The number of hydrogen-bond donors (Lipinski definition) is 2. The molecule has 0 atom stereocenters. The van der Waals surface area contributed by atoms with E-state index in [0.717, 1.165) is 11.3 Å². The summed E-state index contributed by atoms with van der Waals surface area (Å²) in [6, 6.07) is 5.46. The third kappa shape index (κ3) is 4.69. The lowest BCUT2D eigenvalue weighted by Gasteiger charge is -2.14. The van der Waals surface area contributed by atoms with Crippen molar-refractivity contribution >= 4 is 10.0 Å². The predicted molar refractivity (Wildman–Crippen MR) is 82.9 cm³/mol. The summed E-state index contributed by atoms with van der Waals surface area (Å²) in [5, 5.41) is 3.40. The van der Waals surface area contributed by atoms with Crippen molar-refractivity contribution in [1.29, 1.82) is 0 Å². The lowest BCUT2D eigenvalue weighted by atomic mass is 10.2. The second-order valence-electron chi connectivity index (χ2n) is 5.63. The Morgan fingerprint density at radius 2 is 2.05 bits per heavy atom. The number of sulfonamides is 1. The van der Waals surface area contributed by atoms with Crippen LogP contribution < -0.4 is 14.8 Å². The normalized spacial score (nSPS) is 15.4. The molecule has 2 N–H and O–H groups in total. The fourth-order valence-corrected chi connectivity index (χ4v) is 3.38. The van der Waals surface area contributed by atoms with Gasteiger partial charge in [0.25, 0.3) is 0 Å². The average Bonchev–Trinajstić information content (AvgIpc) is 3.20. The van der Waals surface area contributed by atoms with E-state index in [2.05, 4.69) is 10.0 Å². The Hall–Kier alpha value is -1.11. The van der Waals surface area contributed by atoms with Crippen LogP contribution in [0.15, 0.2) is 23.1 Å². The zero-order valence-corrected chi connectivity index (χ0v) is 13.7. The van der Waals surface area contributed by atoms with Crippen LogP contribution in [0.1, 0.15) is 39.2 Å². The monoisotopic (exact) mass is 312 g/mol. The van der Waals surface area contributed by atoms with E-state index in [1.54, 1.807) is 18.2 Å². The van der Waals surface area contributed by atoms with Crippen molar-refractivity contribution in [1.82, 2.24) is 10.0 Å². The van der Waals surface area contributed by atoms with Gasteiger partial charge in [-0.05, 0) is 51.8 Å². The Morgan fingerprint density at radius 1 is 1.33 bits per heavy atom. The quantitative estimate of drug-likeness (QED) is 0.771. The van der Waals surface area contributed by atoms with Crippen molar-refractivity contribution in [2.24, 2.45) is 0 Å². The van der Waals surface area contributed by atoms with E-state index in [1.165, 1.54) is 12.8 Å². The van der Waals surface area contributed by atoms with Gasteiger partial charge < -0.3 is 10.1 Å². The maximum absolute atomic E-state index is 12.2. The number of hydrogen-bond acceptors (Lipinski definition) is 4. The van der Waals surface area contributed by atoms with Gasteiger partial charge in [-0.1, -0.05) is 0 Å². The molecule has 21 heavy (non-hydrogen) atoms. The van der Waals surface area contributed by atoms with E-state index in [1.807, 2.05) is 20.8 Å². The van der Waals surface area contributed by atoms with Crippen molar-refractivity contribution in [3.8, 4) is 5.75 Å². The number of benzene rings is 1. The first-order valence-corrected chi connectivity index (χ1v) is 8.92. The Labute approximate surface area is 127 Å². The van der Waals surface area contributed by atoms with Crippen LogP contribution in [-0.4, -0.2) is 27.1 Å².